The molecule has 0 aromatic heterocycles. The fourth-order valence-corrected chi connectivity index (χ4v) is 3.18. The average molecular weight is 404 g/mol. The van der Waals surface area contributed by atoms with Gasteiger partial charge in [0.25, 0.3) is 5.91 Å². The van der Waals surface area contributed by atoms with Gasteiger partial charge in [-0.25, -0.2) is 0 Å². The Balaban J connectivity index is 1.99. The molecule has 0 saturated heterocycles. The molecule has 0 aliphatic rings. The van der Waals surface area contributed by atoms with Crippen molar-refractivity contribution in [2.75, 3.05) is 6.61 Å². The summed E-state index contributed by atoms with van der Waals surface area (Å²) in [6.07, 6.45) is 0. The molecule has 1 atom stereocenters. The van der Waals surface area contributed by atoms with Gasteiger partial charge in [-0.3, -0.25) is 4.79 Å². The molecule has 0 unspecified atom stereocenters. The van der Waals surface area contributed by atoms with Crippen molar-refractivity contribution < 1.29 is 9.53 Å². The first-order valence-electron chi connectivity index (χ1n) is 8.45. The van der Waals surface area contributed by atoms with E-state index in [1.807, 2.05) is 32.9 Å². The van der Waals surface area contributed by atoms with E-state index >= 15 is 0 Å². The summed E-state index contributed by atoms with van der Waals surface area (Å²) in [5.41, 5.74) is 7.02. The number of hydrogen-bond donors (Lipinski definition) is 1. The summed E-state index contributed by atoms with van der Waals surface area (Å²) in [5.74, 6) is 0.590. The van der Waals surface area contributed by atoms with Crippen molar-refractivity contribution in [2.24, 2.45) is 0 Å². The number of halogens is 1. The number of carbonyl (C=O) groups excluding carboxylic acids is 1. The largest absolute Gasteiger partial charge is 0.484 e. The summed E-state index contributed by atoms with van der Waals surface area (Å²) < 4.78 is 6.73. The number of aryl methyl sites for hydroxylation is 5. The Labute approximate surface area is 158 Å². The highest BCUT2D eigenvalue weighted by Gasteiger charge is 2.14. The number of ether oxygens (including phenoxy) is 1. The van der Waals surface area contributed by atoms with Crippen molar-refractivity contribution in [3.8, 4) is 5.75 Å². The van der Waals surface area contributed by atoms with Gasteiger partial charge in [0.1, 0.15) is 5.75 Å². The van der Waals surface area contributed by atoms with Gasteiger partial charge >= 0.3 is 0 Å². The minimum atomic E-state index is -0.122. The van der Waals surface area contributed by atoms with Gasteiger partial charge in [-0.2, -0.15) is 0 Å². The molecule has 0 fully saturated rings. The van der Waals surface area contributed by atoms with Gasteiger partial charge < -0.3 is 10.1 Å². The molecule has 2 aromatic rings. The predicted molar refractivity (Wildman–Crippen MR) is 106 cm³/mol. The van der Waals surface area contributed by atoms with E-state index in [0.717, 1.165) is 21.2 Å². The summed E-state index contributed by atoms with van der Waals surface area (Å²) in [6.45, 7) is 12.3. The molecular weight excluding hydrogens is 378 g/mol. The van der Waals surface area contributed by atoms with Crippen LogP contribution in [0.2, 0.25) is 0 Å². The van der Waals surface area contributed by atoms with E-state index in [9.17, 15) is 4.79 Å². The van der Waals surface area contributed by atoms with Gasteiger partial charge in [0.05, 0.1) is 6.04 Å². The van der Waals surface area contributed by atoms with Gasteiger partial charge in [0, 0.05) is 4.47 Å². The molecule has 0 aliphatic carbocycles. The third kappa shape index (κ3) is 4.85. The molecular formula is C21H26BrNO2. The second-order valence-electron chi connectivity index (χ2n) is 6.74. The van der Waals surface area contributed by atoms with Crippen LogP contribution in [0.4, 0.5) is 0 Å². The summed E-state index contributed by atoms with van der Waals surface area (Å²) in [6, 6.07) is 8.13. The lowest BCUT2D eigenvalue weighted by molar-refractivity contribution is -0.123. The Morgan fingerprint density at radius 3 is 2.12 bits per heavy atom. The van der Waals surface area contributed by atoms with E-state index < -0.39 is 0 Å². The molecule has 25 heavy (non-hydrogen) atoms. The van der Waals surface area contributed by atoms with E-state index in [0.29, 0.717) is 5.75 Å². The Morgan fingerprint density at radius 2 is 1.52 bits per heavy atom. The van der Waals surface area contributed by atoms with Crippen LogP contribution in [-0.4, -0.2) is 12.5 Å². The maximum atomic E-state index is 12.3. The van der Waals surface area contributed by atoms with Crippen molar-refractivity contribution in [1.82, 2.24) is 5.32 Å². The summed E-state index contributed by atoms with van der Waals surface area (Å²) in [4.78, 5) is 12.3. The van der Waals surface area contributed by atoms with Crippen LogP contribution in [0.3, 0.4) is 0 Å². The first kappa shape index (κ1) is 19.5. The van der Waals surface area contributed by atoms with E-state index in [1.165, 1.54) is 16.7 Å². The fourth-order valence-electron chi connectivity index (χ4n) is 2.95. The second-order valence-corrected chi connectivity index (χ2v) is 7.53. The van der Waals surface area contributed by atoms with Crippen LogP contribution < -0.4 is 10.1 Å². The first-order valence-corrected chi connectivity index (χ1v) is 9.25. The quantitative estimate of drug-likeness (QED) is 0.740. The second kappa shape index (κ2) is 8.05. The highest BCUT2D eigenvalue weighted by Crippen LogP contribution is 2.26. The standard InChI is InChI=1S/C21H26BrNO2/c1-12-7-14(3)19(10-13(12)2)17(6)23-20(24)11-25-18-8-15(4)21(22)16(5)9-18/h7-10,17H,11H2,1-6H3,(H,23,24)/t17-/m1/s1. The predicted octanol–water partition coefficient (Wildman–Crippen LogP) is 5.25. The van der Waals surface area contributed by atoms with Gasteiger partial charge in [0.2, 0.25) is 0 Å². The molecule has 0 aliphatic heterocycles. The highest BCUT2D eigenvalue weighted by molar-refractivity contribution is 9.10. The zero-order valence-electron chi connectivity index (χ0n) is 15.8. The molecule has 3 nitrogen and oxygen atoms in total. The van der Waals surface area contributed by atoms with Crippen LogP contribution in [0.15, 0.2) is 28.7 Å². The molecule has 2 aromatic carbocycles. The van der Waals surface area contributed by atoms with Crippen LogP contribution >= 0.6 is 15.9 Å². The van der Waals surface area contributed by atoms with Gasteiger partial charge in [0.15, 0.2) is 6.61 Å². The molecule has 1 amide bonds. The molecule has 0 radical (unpaired) electrons. The summed E-state index contributed by atoms with van der Waals surface area (Å²) >= 11 is 3.53. The number of nitrogens with one attached hydrogen (secondary N) is 1. The minimum Gasteiger partial charge on any atom is -0.484 e. The molecule has 0 bridgehead atoms. The van der Waals surface area contributed by atoms with Crippen LogP contribution in [-0.2, 0) is 4.79 Å². The number of carbonyl (C=O) groups is 1. The average Bonchev–Trinajstić information content (AvgIpc) is 2.53. The van der Waals surface area contributed by atoms with Crippen molar-refractivity contribution in [2.45, 2.75) is 47.6 Å². The molecule has 1 N–H and O–H groups in total. The maximum Gasteiger partial charge on any atom is 0.258 e. The van der Waals surface area contributed by atoms with Crippen molar-refractivity contribution in [3.63, 3.8) is 0 Å². The smallest absolute Gasteiger partial charge is 0.258 e. The maximum absolute atomic E-state index is 12.3. The van der Waals surface area contributed by atoms with Crippen molar-refractivity contribution in [1.29, 1.82) is 0 Å². The van der Waals surface area contributed by atoms with Gasteiger partial charge in [-0.1, -0.05) is 28.1 Å². The number of benzene rings is 2. The number of rotatable bonds is 5. The van der Waals surface area contributed by atoms with E-state index in [4.69, 9.17) is 4.74 Å². The van der Waals surface area contributed by atoms with Crippen LogP contribution in [0.5, 0.6) is 5.75 Å². The van der Waals surface area contributed by atoms with Crippen LogP contribution in [0.1, 0.15) is 46.3 Å². The molecule has 4 heteroatoms. The molecule has 0 saturated carbocycles. The third-order valence-corrected chi connectivity index (χ3v) is 5.76. The monoisotopic (exact) mass is 403 g/mol. The fraction of sp³-hybridized carbons (Fsp3) is 0.381. The Bertz CT molecular complexity index is 776. The van der Waals surface area contributed by atoms with Crippen molar-refractivity contribution in [3.05, 3.63) is 62.1 Å². The SMILES string of the molecule is Cc1cc(C)c([C@@H](C)NC(=O)COc2cc(C)c(Br)c(C)c2)cc1C. The third-order valence-electron chi connectivity index (χ3n) is 4.51. The Kier molecular flexibility index (Phi) is 6.28. The van der Waals surface area contributed by atoms with Gasteiger partial charge in [-0.05, 0) is 87.1 Å². The lowest BCUT2D eigenvalue weighted by Gasteiger charge is -2.19. The molecule has 134 valence electrons. The number of amides is 1. The topological polar surface area (TPSA) is 38.3 Å². The minimum absolute atomic E-state index is 0.00867. The van der Waals surface area contributed by atoms with Gasteiger partial charge in [-0.15, -0.1) is 0 Å². The van der Waals surface area contributed by atoms with Crippen molar-refractivity contribution >= 4 is 21.8 Å². The zero-order valence-corrected chi connectivity index (χ0v) is 17.4. The lowest BCUT2D eigenvalue weighted by Crippen LogP contribution is -2.31. The molecule has 2 rings (SSSR count). The summed E-state index contributed by atoms with van der Waals surface area (Å²) in [5, 5.41) is 3.02. The Hall–Kier alpha value is -1.81. The molecule has 0 spiro atoms. The van der Waals surface area contributed by atoms with E-state index in [-0.39, 0.29) is 18.6 Å². The van der Waals surface area contributed by atoms with Crippen LogP contribution in [0, 0.1) is 34.6 Å². The summed E-state index contributed by atoms with van der Waals surface area (Å²) in [7, 11) is 0. The van der Waals surface area contributed by atoms with E-state index in [2.05, 4.69) is 54.2 Å². The van der Waals surface area contributed by atoms with Crippen LogP contribution in [0.25, 0.3) is 0 Å². The lowest BCUT2D eigenvalue weighted by atomic mass is 9.96. The normalized spacial score (nSPS) is 12.0. The highest BCUT2D eigenvalue weighted by atomic mass is 79.9. The Morgan fingerprint density at radius 1 is 0.960 bits per heavy atom. The first-order chi connectivity index (χ1) is 11.7. The number of hydrogen-bond acceptors (Lipinski definition) is 2. The molecule has 0 heterocycles. The van der Waals surface area contributed by atoms with E-state index in [1.54, 1.807) is 0 Å². The zero-order chi connectivity index (χ0) is 18.7.